The van der Waals surface area contributed by atoms with Gasteiger partial charge in [0.25, 0.3) is 0 Å². The molecule has 0 atom stereocenters. The lowest BCUT2D eigenvalue weighted by molar-refractivity contribution is -0.128. The molecule has 4 heteroatoms. The molecule has 0 bridgehead atoms. The van der Waals surface area contributed by atoms with E-state index < -0.39 is 0 Å². The van der Waals surface area contributed by atoms with E-state index in [0.29, 0.717) is 30.9 Å². The molecule has 0 radical (unpaired) electrons. The Morgan fingerprint density at radius 2 is 2.24 bits per heavy atom. The Morgan fingerprint density at radius 3 is 2.94 bits per heavy atom. The molecule has 88 valence electrons. The number of para-hydroxylation sites is 1. The van der Waals surface area contributed by atoms with E-state index in [1.54, 1.807) is 23.1 Å². The topological polar surface area (TPSA) is 53.3 Å². The largest absolute Gasteiger partial charge is 0.490 e. The highest BCUT2D eigenvalue weighted by atomic mass is 16.5. The third-order valence-electron chi connectivity index (χ3n) is 2.80. The van der Waals surface area contributed by atoms with Gasteiger partial charge in [0, 0.05) is 13.0 Å². The van der Waals surface area contributed by atoms with Gasteiger partial charge in [-0.1, -0.05) is 12.1 Å². The van der Waals surface area contributed by atoms with Gasteiger partial charge in [0.2, 0.25) is 5.91 Å². The van der Waals surface area contributed by atoms with Gasteiger partial charge in [-0.25, -0.2) is 0 Å². The van der Waals surface area contributed by atoms with Gasteiger partial charge in [-0.3, -0.25) is 4.79 Å². The quantitative estimate of drug-likeness (QED) is 0.788. The van der Waals surface area contributed by atoms with Crippen molar-refractivity contribution < 1.29 is 9.53 Å². The zero-order chi connectivity index (χ0) is 12.1. The Hall–Kier alpha value is -2.02. The number of carbonyl (C=O) groups excluding carboxylic acids is 1. The smallest absolute Gasteiger partial charge is 0.222 e. The van der Waals surface area contributed by atoms with Crippen molar-refractivity contribution in [2.45, 2.75) is 12.8 Å². The van der Waals surface area contributed by atoms with E-state index in [2.05, 4.69) is 6.07 Å². The number of rotatable bonds is 4. The molecule has 1 aromatic rings. The number of nitriles is 1. The van der Waals surface area contributed by atoms with Crippen LogP contribution in [0.4, 0.5) is 0 Å². The second-order valence-electron chi connectivity index (χ2n) is 3.94. The summed E-state index contributed by atoms with van der Waals surface area (Å²) in [5, 5.41) is 8.88. The Bertz CT molecular complexity index is 451. The van der Waals surface area contributed by atoms with Crippen molar-refractivity contribution in [1.29, 1.82) is 5.26 Å². The van der Waals surface area contributed by atoms with Crippen molar-refractivity contribution in [3.63, 3.8) is 0 Å². The van der Waals surface area contributed by atoms with E-state index >= 15 is 0 Å². The summed E-state index contributed by atoms with van der Waals surface area (Å²) in [5.41, 5.74) is 0.528. The molecule has 0 saturated carbocycles. The molecule has 1 fully saturated rings. The highest BCUT2D eigenvalue weighted by Gasteiger charge is 2.19. The standard InChI is InChI=1S/C13H14N2O2/c14-10-11-4-1-2-5-12(11)17-9-8-15-7-3-6-13(15)16/h1-2,4-5H,3,6-9H2. The van der Waals surface area contributed by atoms with Crippen LogP contribution in [-0.2, 0) is 4.79 Å². The average Bonchev–Trinajstić information content (AvgIpc) is 2.76. The molecule has 1 amide bonds. The highest BCUT2D eigenvalue weighted by Crippen LogP contribution is 2.16. The summed E-state index contributed by atoms with van der Waals surface area (Å²) >= 11 is 0. The second-order valence-corrected chi connectivity index (χ2v) is 3.94. The van der Waals surface area contributed by atoms with Crippen LogP contribution >= 0.6 is 0 Å². The molecule has 1 saturated heterocycles. The van der Waals surface area contributed by atoms with E-state index in [1.807, 2.05) is 6.07 Å². The molecule has 2 rings (SSSR count). The maximum absolute atomic E-state index is 11.4. The van der Waals surface area contributed by atoms with Gasteiger partial charge < -0.3 is 9.64 Å². The van der Waals surface area contributed by atoms with Crippen molar-refractivity contribution in [3.05, 3.63) is 29.8 Å². The fourth-order valence-electron chi connectivity index (χ4n) is 1.89. The van der Waals surface area contributed by atoms with Crippen LogP contribution in [-0.4, -0.2) is 30.5 Å². The molecule has 1 aromatic carbocycles. The summed E-state index contributed by atoms with van der Waals surface area (Å²) in [6.07, 6.45) is 1.59. The molecular formula is C13H14N2O2. The van der Waals surface area contributed by atoms with Crippen LogP contribution in [0.15, 0.2) is 24.3 Å². The molecule has 1 heterocycles. The van der Waals surface area contributed by atoms with E-state index in [0.717, 1.165) is 13.0 Å². The lowest BCUT2D eigenvalue weighted by atomic mass is 10.2. The number of nitrogens with zero attached hydrogens (tertiary/aromatic N) is 2. The Balaban J connectivity index is 1.86. The lowest BCUT2D eigenvalue weighted by Crippen LogP contribution is -2.29. The summed E-state index contributed by atoms with van der Waals surface area (Å²) in [6.45, 7) is 1.85. The summed E-state index contributed by atoms with van der Waals surface area (Å²) in [6, 6.07) is 9.20. The third-order valence-corrected chi connectivity index (χ3v) is 2.80. The minimum absolute atomic E-state index is 0.196. The van der Waals surface area contributed by atoms with Gasteiger partial charge >= 0.3 is 0 Å². The first-order valence-corrected chi connectivity index (χ1v) is 5.71. The van der Waals surface area contributed by atoms with Crippen LogP contribution in [0.25, 0.3) is 0 Å². The first-order valence-electron chi connectivity index (χ1n) is 5.71. The number of carbonyl (C=O) groups is 1. The molecule has 1 aliphatic heterocycles. The van der Waals surface area contributed by atoms with Gasteiger partial charge in [0.15, 0.2) is 0 Å². The fourth-order valence-corrected chi connectivity index (χ4v) is 1.89. The van der Waals surface area contributed by atoms with Gasteiger partial charge in [-0.15, -0.1) is 0 Å². The van der Waals surface area contributed by atoms with Gasteiger partial charge in [0.05, 0.1) is 12.1 Å². The van der Waals surface area contributed by atoms with E-state index in [4.69, 9.17) is 10.00 Å². The van der Waals surface area contributed by atoms with Crippen molar-refractivity contribution >= 4 is 5.91 Å². The van der Waals surface area contributed by atoms with Crippen LogP contribution in [0.2, 0.25) is 0 Å². The summed E-state index contributed by atoms with van der Waals surface area (Å²) in [7, 11) is 0. The van der Waals surface area contributed by atoms with Crippen molar-refractivity contribution in [2.75, 3.05) is 19.7 Å². The second kappa shape index (κ2) is 5.35. The molecule has 0 aromatic heterocycles. The van der Waals surface area contributed by atoms with E-state index in [9.17, 15) is 4.79 Å². The first-order chi connectivity index (χ1) is 8.31. The van der Waals surface area contributed by atoms with Crippen molar-refractivity contribution in [1.82, 2.24) is 4.90 Å². The maximum atomic E-state index is 11.4. The zero-order valence-corrected chi connectivity index (χ0v) is 9.56. The van der Waals surface area contributed by atoms with Crippen LogP contribution in [0, 0.1) is 11.3 Å². The molecule has 0 spiro atoms. The lowest BCUT2D eigenvalue weighted by Gasteiger charge is -2.16. The normalized spacial score (nSPS) is 14.8. The van der Waals surface area contributed by atoms with E-state index in [1.165, 1.54) is 0 Å². The number of ether oxygens (including phenoxy) is 1. The number of hydrogen-bond donors (Lipinski definition) is 0. The summed E-state index contributed by atoms with van der Waals surface area (Å²) in [5.74, 6) is 0.781. The fraction of sp³-hybridized carbons (Fsp3) is 0.385. The van der Waals surface area contributed by atoms with Gasteiger partial charge in [0.1, 0.15) is 18.4 Å². The van der Waals surface area contributed by atoms with Crippen LogP contribution < -0.4 is 4.74 Å². The van der Waals surface area contributed by atoms with Gasteiger partial charge in [-0.2, -0.15) is 5.26 Å². The Morgan fingerprint density at radius 1 is 1.41 bits per heavy atom. The predicted molar refractivity (Wildman–Crippen MR) is 62.5 cm³/mol. The number of amides is 1. The summed E-state index contributed by atoms with van der Waals surface area (Å²) < 4.78 is 5.52. The highest BCUT2D eigenvalue weighted by molar-refractivity contribution is 5.78. The van der Waals surface area contributed by atoms with E-state index in [-0.39, 0.29) is 5.91 Å². The average molecular weight is 230 g/mol. The monoisotopic (exact) mass is 230 g/mol. The van der Waals surface area contributed by atoms with Crippen molar-refractivity contribution in [2.24, 2.45) is 0 Å². The van der Waals surface area contributed by atoms with Crippen molar-refractivity contribution in [3.8, 4) is 11.8 Å². The summed E-state index contributed by atoms with van der Waals surface area (Å²) in [4.78, 5) is 13.2. The minimum Gasteiger partial charge on any atom is -0.490 e. The zero-order valence-electron chi connectivity index (χ0n) is 9.56. The SMILES string of the molecule is N#Cc1ccccc1OCCN1CCCC1=O. The molecule has 17 heavy (non-hydrogen) atoms. The van der Waals surface area contributed by atoms with Crippen LogP contribution in [0.3, 0.4) is 0 Å². The number of hydrogen-bond acceptors (Lipinski definition) is 3. The number of benzene rings is 1. The molecule has 4 nitrogen and oxygen atoms in total. The minimum atomic E-state index is 0.196. The Kier molecular flexibility index (Phi) is 3.61. The molecule has 0 aliphatic carbocycles. The predicted octanol–water partition coefficient (Wildman–Crippen LogP) is 1.56. The number of likely N-dealkylation sites (tertiary alicyclic amines) is 1. The molecule has 0 N–H and O–H groups in total. The Labute approximate surface area is 100 Å². The van der Waals surface area contributed by atoms with Crippen LogP contribution in [0.1, 0.15) is 18.4 Å². The first kappa shape index (κ1) is 11.5. The maximum Gasteiger partial charge on any atom is 0.222 e. The van der Waals surface area contributed by atoms with Gasteiger partial charge in [-0.05, 0) is 18.6 Å². The molecular weight excluding hydrogens is 216 g/mol. The molecule has 0 unspecified atom stereocenters. The third kappa shape index (κ3) is 2.76. The van der Waals surface area contributed by atoms with Crippen LogP contribution in [0.5, 0.6) is 5.75 Å². The molecule has 1 aliphatic rings.